The van der Waals surface area contributed by atoms with Crippen LogP contribution in [0.2, 0.25) is 0 Å². The molecule has 0 unspecified atom stereocenters. The molecule has 42 heavy (non-hydrogen) atoms. The summed E-state index contributed by atoms with van der Waals surface area (Å²) >= 11 is 3.13. The van der Waals surface area contributed by atoms with Gasteiger partial charge in [0.1, 0.15) is 5.75 Å². The Bertz CT molecular complexity index is 1890. The molecule has 3 aromatic heterocycles. The standard InChI is InChI=1S/C33H31N5O2S2/c1-3-5-9-20-40-27-16-12-24(13-17-27)31-34-33-38(36-31)32(39)29(42-33)21-25-22-37(26-10-7-6-8-11-26)35-30(25)23-14-18-28(19-15-23)41-4-2/h6-8,10-19,21-22H,3-5,9,20H2,1-2H3. The molecule has 0 atom stereocenters. The number of benzene rings is 3. The summed E-state index contributed by atoms with van der Waals surface area (Å²) < 4.78 is 9.61. The maximum Gasteiger partial charge on any atom is 0.291 e. The average molecular weight is 594 g/mol. The van der Waals surface area contributed by atoms with Gasteiger partial charge in [-0.25, -0.2) is 4.68 Å². The van der Waals surface area contributed by atoms with Crippen molar-refractivity contribution in [2.75, 3.05) is 12.4 Å². The van der Waals surface area contributed by atoms with Crippen LogP contribution in [-0.2, 0) is 0 Å². The van der Waals surface area contributed by atoms with Crippen molar-refractivity contribution in [3.05, 3.63) is 106 Å². The van der Waals surface area contributed by atoms with Crippen LogP contribution in [0.15, 0.2) is 94.7 Å². The third-order valence-electron chi connectivity index (χ3n) is 6.80. The molecule has 0 bridgehead atoms. The van der Waals surface area contributed by atoms with Crippen molar-refractivity contribution in [1.82, 2.24) is 24.4 Å². The van der Waals surface area contributed by atoms with Gasteiger partial charge in [0.05, 0.1) is 22.5 Å². The number of aromatic nitrogens is 5. The van der Waals surface area contributed by atoms with Gasteiger partial charge in [-0.1, -0.05) is 68.4 Å². The number of hydrogen-bond donors (Lipinski definition) is 0. The van der Waals surface area contributed by atoms with E-state index in [1.54, 1.807) is 11.8 Å². The molecule has 0 fully saturated rings. The lowest BCUT2D eigenvalue weighted by Crippen LogP contribution is -2.23. The molecule has 0 aliphatic rings. The Morgan fingerprint density at radius 3 is 2.38 bits per heavy atom. The molecule has 0 aliphatic heterocycles. The predicted molar refractivity (Wildman–Crippen MR) is 172 cm³/mol. The quantitative estimate of drug-likeness (QED) is 0.120. The zero-order chi connectivity index (χ0) is 28.9. The van der Waals surface area contributed by atoms with Crippen LogP contribution in [0, 0.1) is 0 Å². The van der Waals surface area contributed by atoms with Crippen LogP contribution in [0.3, 0.4) is 0 Å². The number of fused-ring (bicyclic) bond motifs is 1. The van der Waals surface area contributed by atoms with Gasteiger partial charge < -0.3 is 4.74 Å². The monoisotopic (exact) mass is 593 g/mol. The van der Waals surface area contributed by atoms with E-state index in [1.807, 2.05) is 71.6 Å². The molecule has 9 heteroatoms. The number of rotatable bonds is 11. The number of thiazole rings is 1. The van der Waals surface area contributed by atoms with E-state index in [2.05, 4.69) is 48.2 Å². The molecule has 0 spiro atoms. The second-order valence-electron chi connectivity index (χ2n) is 9.80. The summed E-state index contributed by atoms with van der Waals surface area (Å²) in [4.78, 5) is 19.9. The summed E-state index contributed by atoms with van der Waals surface area (Å²) in [7, 11) is 0. The minimum absolute atomic E-state index is 0.197. The van der Waals surface area contributed by atoms with E-state index in [1.165, 1.54) is 20.7 Å². The van der Waals surface area contributed by atoms with Gasteiger partial charge in [-0.15, -0.1) is 16.9 Å². The van der Waals surface area contributed by atoms with E-state index in [-0.39, 0.29) is 5.56 Å². The van der Waals surface area contributed by atoms with E-state index in [0.717, 1.165) is 58.8 Å². The normalized spacial score (nSPS) is 11.9. The summed E-state index contributed by atoms with van der Waals surface area (Å²) in [6.45, 7) is 5.03. The Balaban J connectivity index is 1.33. The van der Waals surface area contributed by atoms with Gasteiger partial charge in [0.25, 0.3) is 5.56 Å². The first kappa shape index (κ1) is 27.9. The highest BCUT2D eigenvalue weighted by Crippen LogP contribution is 2.27. The van der Waals surface area contributed by atoms with E-state index < -0.39 is 0 Å². The van der Waals surface area contributed by atoms with E-state index in [0.29, 0.717) is 21.9 Å². The van der Waals surface area contributed by atoms with Crippen molar-refractivity contribution < 1.29 is 4.74 Å². The molecular formula is C33H31N5O2S2. The fourth-order valence-corrected chi connectivity index (χ4v) is 6.21. The fraction of sp³-hybridized carbons (Fsp3) is 0.212. The Morgan fingerprint density at radius 1 is 0.905 bits per heavy atom. The number of para-hydroxylation sites is 1. The van der Waals surface area contributed by atoms with Crippen molar-refractivity contribution in [3.63, 3.8) is 0 Å². The first-order valence-electron chi connectivity index (χ1n) is 14.2. The van der Waals surface area contributed by atoms with E-state index >= 15 is 0 Å². The second kappa shape index (κ2) is 12.8. The Hall–Kier alpha value is -4.21. The van der Waals surface area contributed by atoms with Crippen LogP contribution >= 0.6 is 23.1 Å². The smallest absolute Gasteiger partial charge is 0.291 e. The van der Waals surface area contributed by atoms with Gasteiger partial charge in [-0.3, -0.25) is 4.79 Å². The molecule has 0 aliphatic carbocycles. The molecule has 3 aromatic carbocycles. The summed E-state index contributed by atoms with van der Waals surface area (Å²) in [5, 5.41) is 9.46. The molecule has 6 rings (SSSR count). The summed E-state index contributed by atoms with van der Waals surface area (Å²) in [6.07, 6.45) is 7.22. The lowest BCUT2D eigenvalue weighted by Gasteiger charge is -2.05. The van der Waals surface area contributed by atoms with Crippen molar-refractivity contribution in [2.24, 2.45) is 0 Å². The second-order valence-corrected chi connectivity index (χ2v) is 12.1. The number of unbranched alkanes of at least 4 members (excludes halogenated alkanes) is 2. The lowest BCUT2D eigenvalue weighted by atomic mass is 10.1. The predicted octanol–water partition coefficient (Wildman–Crippen LogP) is 6.90. The molecule has 0 N–H and O–H groups in total. The van der Waals surface area contributed by atoms with Gasteiger partial charge in [0.15, 0.2) is 5.82 Å². The molecule has 0 radical (unpaired) electrons. The lowest BCUT2D eigenvalue weighted by molar-refractivity contribution is 0.306. The minimum Gasteiger partial charge on any atom is -0.494 e. The largest absolute Gasteiger partial charge is 0.494 e. The highest BCUT2D eigenvalue weighted by molar-refractivity contribution is 7.99. The first-order valence-corrected chi connectivity index (χ1v) is 16.0. The van der Waals surface area contributed by atoms with Crippen LogP contribution in [0.5, 0.6) is 5.75 Å². The number of hydrogen-bond acceptors (Lipinski definition) is 7. The summed E-state index contributed by atoms with van der Waals surface area (Å²) in [6, 6.07) is 26.1. The molecule has 212 valence electrons. The van der Waals surface area contributed by atoms with Crippen LogP contribution in [0.4, 0.5) is 0 Å². The minimum atomic E-state index is -0.197. The molecule has 3 heterocycles. The zero-order valence-corrected chi connectivity index (χ0v) is 25.2. The fourth-order valence-electron chi connectivity index (χ4n) is 4.65. The summed E-state index contributed by atoms with van der Waals surface area (Å²) in [5.41, 5.74) is 4.24. The number of thioether (sulfide) groups is 1. The Labute approximate surface area is 252 Å². The van der Waals surface area contributed by atoms with Gasteiger partial charge in [-0.05, 0) is 66.8 Å². The van der Waals surface area contributed by atoms with Crippen molar-refractivity contribution in [3.8, 4) is 34.1 Å². The van der Waals surface area contributed by atoms with Crippen molar-refractivity contribution >= 4 is 34.1 Å². The van der Waals surface area contributed by atoms with Crippen LogP contribution in [0.1, 0.15) is 38.7 Å². The van der Waals surface area contributed by atoms with Gasteiger partial charge in [-0.2, -0.15) is 14.6 Å². The Kier molecular flexibility index (Phi) is 8.48. The van der Waals surface area contributed by atoms with Gasteiger partial charge in [0.2, 0.25) is 4.96 Å². The third-order valence-corrected chi connectivity index (χ3v) is 8.65. The maximum absolute atomic E-state index is 13.4. The number of ether oxygens (including phenoxy) is 1. The summed E-state index contributed by atoms with van der Waals surface area (Å²) in [5.74, 6) is 2.36. The third kappa shape index (κ3) is 6.03. The van der Waals surface area contributed by atoms with E-state index in [4.69, 9.17) is 9.84 Å². The van der Waals surface area contributed by atoms with Crippen LogP contribution in [0.25, 0.3) is 39.4 Å². The maximum atomic E-state index is 13.4. The molecule has 0 saturated carbocycles. The van der Waals surface area contributed by atoms with E-state index in [9.17, 15) is 4.79 Å². The van der Waals surface area contributed by atoms with Crippen LogP contribution in [-0.4, -0.2) is 36.7 Å². The van der Waals surface area contributed by atoms with Crippen LogP contribution < -0.4 is 14.8 Å². The van der Waals surface area contributed by atoms with Gasteiger partial charge in [0, 0.05) is 27.8 Å². The zero-order valence-electron chi connectivity index (χ0n) is 23.6. The molecule has 0 amide bonds. The van der Waals surface area contributed by atoms with Gasteiger partial charge >= 0.3 is 0 Å². The molecule has 7 nitrogen and oxygen atoms in total. The molecule has 0 saturated heterocycles. The SMILES string of the molecule is CCCCCOc1ccc(-c2nc3sc(=Cc4cn(-c5ccccc5)nc4-c4ccc(SCC)cc4)c(=O)n3n2)cc1. The van der Waals surface area contributed by atoms with Crippen molar-refractivity contribution in [1.29, 1.82) is 0 Å². The Morgan fingerprint density at radius 2 is 1.67 bits per heavy atom. The molecule has 6 aromatic rings. The highest BCUT2D eigenvalue weighted by atomic mass is 32.2. The van der Waals surface area contributed by atoms with Crippen molar-refractivity contribution in [2.45, 2.75) is 38.0 Å². The number of nitrogens with zero attached hydrogens (tertiary/aromatic N) is 5. The topological polar surface area (TPSA) is 74.3 Å². The average Bonchev–Trinajstić information content (AvgIpc) is 3.72. The first-order chi connectivity index (χ1) is 20.6. The molecular weight excluding hydrogens is 563 g/mol. The highest BCUT2D eigenvalue weighted by Gasteiger charge is 2.15.